The lowest BCUT2D eigenvalue weighted by molar-refractivity contribution is -0.119. The summed E-state index contributed by atoms with van der Waals surface area (Å²) in [6.07, 6.45) is 0.0367. The number of para-hydroxylation sites is 1. The highest BCUT2D eigenvalue weighted by molar-refractivity contribution is 5.85. The van der Waals surface area contributed by atoms with Crippen LogP contribution in [0, 0.1) is 5.92 Å². The lowest BCUT2D eigenvalue weighted by Gasteiger charge is -2.22. The van der Waals surface area contributed by atoms with Crippen LogP contribution in [0.4, 0.5) is 11.4 Å². The zero-order valence-electron chi connectivity index (χ0n) is 11.9. The van der Waals surface area contributed by atoms with Crippen molar-refractivity contribution in [2.45, 2.75) is 39.8 Å². The van der Waals surface area contributed by atoms with Gasteiger partial charge in [0.2, 0.25) is 5.91 Å². The Morgan fingerprint density at radius 3 is 2.37 bits per heavy atom. The number of carbonyl (C=O) groups is 1. The third-order valence-electron chi connectivity index (χ3n) is 2.71. The minimum Gasteiger partial charge on any atom is -0.489 e. The second-order valence-corrected chi connectivity index (χ2v) is 5.15. The molecular weight excluding hydrogens is 242 g/mol. The molecule has 5 nitrogen and oxygen atoms in total. The molecule has 5 heteroatoms. The van der Waals surface area contributed by atoms with Crippen LogP contribution in [-0.2, 0) is 4.79 Å². The predicted molar refractivity (Wildman–Crippen MR) is 78.1 cm³/mol. The molecule has 1 aromatic rings. The standard InChI is InChI=1S/C14H23N3O2/c1-8(2)13(14(16)18)17-10-6-5-7-11(12(10)15)19-9(3)4/h5-9,13,17H,15H2,1-4H3,(H2,16,18). The van der Waals surface area contributed by atoms with Gasteiger partial charge in [0, 0.05) is 0 Å². The number of anilines is 2. The number of primary amides is 1. The summed E-state index contributed by atoms with van der Waals surface area (Å²) in [4.78, 5) is 11.4. The van der Waals surface area contributed by atoms with Gasteiger partial charge in [-0.3, -0.25) is 4.79 Å². The SMILES string of the molecule is CC(C)Oc1cccc(NC(C(N)=O)C(C)C)c1N. The first-order valence-electron chi connectivity index (χ1n) is 6.44. The fourth-order valence-electron chi connectivity index (χ4n) is 1.76. The number of nitrogen functional groups attached to an aromatic ring is 1. The van der Waals surface area contributed by atoms with E-state index in [0.717, 1.165) is 0 Å². The smallest absolute Gasteiger partial charge is 0.240 e. The maximum atomic E-state index is 11.4. The van der Waals surface area contributed by atoms with Gasteiger partial charge in [-0.05, 0) is 31.9 Å². The highest BCUT2D eigenvalue weighted by Gasteiger charge is 2.20. The molecule has 0 aromatic heterocycles. The van der Waals surface area contributed by atoms with Gasteiger partial charge in [-0.2, -0.15) is 0 Å². The quantitative estimate of drug-likeness (QED) is 0.686. The molecule has 19 heavy (non-hydrogen) atoms. The maximum Gasteiger partial charge on any atom is 0.240 e. The van der Waals surface area contributed by atoms with E-state index in [9.17, 15) is 4.79 Å². The summed E-state index contributed by atoms with van der Waals surface area (Å²) in [5, 5.41) is 3.08. The number of hydrogen-bond acceptors (Lipinski definition) is 4. The van der Waals surface area contributed by atoms with Crippen LogP contribution >= 0.6 is 0 Å². The van der Waals surface area contributed by atoms with Gasteiger partial charge in [-0.1, -0.05) is 19.9 Å². The minimum absolute atomic E-state index is 0.0367. The molecule has 0 saturated carbocycles. The first-order chi connectivity index (χ1) is 8.82. The lowest BCUT2D eigenvalue weighted by Crippen LogP contribution is -2.39. The summed E-state index contributed by atoms with van der Waals surface area (Å²) in [6.45, 7) is 7.71. The van der Waals surface area contributed by atoms with E-state index >= 15 is 0 Å². The summed E-state index contributed by atoms with van der Waals surface area (Å²) in [5.41, 5.74) is 12.6. The molecule has 5 N–H and O–H groups in total. The van der Waals surface area contributed by atoms with Crippen LogP contribution in [0.15, 0.2) is 18.2 Å². The van der Waals surface area contributed by atoms with Crippen molar-refractivity contribution in [1.29, 1.82) is 0 Å². The van der Waals surface area contributed by atoms with E-state index < -0.39 is 11.9 Å². The third-order valence-corrected chi connectivity index (χ3v) is 2.71. The molecule has 1 rings (SSSR count). The first-order valence-corrected chi connectivity index (χ1v) is 6.44. The number of rotatable bonds is 6. The second kappa shape index (κ2) is 6.31. The minimum atomic E-state index is -0.461. The van der Waals surface area contributed by atoms with Crippen LogP contribution in [0.2, 0.25) is 0 Å². The number of nitrogens with one attached hydrogen (secondary N) is 1. The van der Waals surface area contributed by atoms with Crippen molar-refractivity contribution in [3.05, 3.63) is 18.2 Å². The molecular formula is C14H23N3O2. The molecule has 0 aliphatic heterocycles. The Kier molecular flexibility index (Phi) is 5.03. The summed E-state index contributed by atoms with van der Waals surface area (Å²) < 4.78 is 5.61. The van der Waals surface area contributed by atoms with Crippen molar-refractivity contribution in [1.82, 2.24) is 0 Å². The van der Waals surface area contributed by atoms with Crippen molar-refractivity contribution >= 4 is 17.3 Å². The van der Waals surface area contributed by atoms with Crippen molar-refractivity contribution < 1.29 is 9.53 Å². The molecule has 0 fully saturated rings. The predicted octanol–water partition coefficient (Wildman–Crippen LogP) is 1.98. The molecule has 0 heterocycles. The monoisotopic (exact) mass is 265 g/mol. The molecule has 1 atom stereocenters. The highest BCUT2D eigenvalue weighted by Crippen LogP contribution is 2.31. The Bertz CT molecular complexity index is 444. The number of ether oxygens (including phenoxy) is 1. The summed E-state index contributed by atoms with van der Waals surface area (Å²) >= 11 is 0. The molecule has 106 valence electrons. The zero-order chi connectivity index (χ0) is 14.6. The maximum absolute atomic E-state index is 11.4. The van der Waals surface area contributed by atoms with Gasteiger partial charge >= 0.3 is 0 Å². The number of carbonyl (C=O) groups excluding carboxylic acids is 1. The molecule has 0 bridgehead atoms. The molecule has 0 aliphatic rings. The van der Waals surface area contributed by atoms with Crippen LogP contribution < -0.4 is 21.5 Å². The van der Waals surface area contributed by atoms with Crippen molar-refractivity contribution in [2.24, 2.45) is 11.7 Å². The molecule has 1 unspecified atom stereocenters. The second-order valence-electron chi connectivity index (χ2n) is 5.15. The van der Waals surface area contributed by atoms with E-state index in [2.05, 4.69) is 5.32 Å². The molecule has 0 saturated heterocycles. The Morgan fingerprint density at radius 2 is 1.89 bits per heavy atom. The average Bonchev–Trinajstić information content (AvgIpc) is 2.28. The summed E-state index contributed by atoms with van der Waals surface area (Å²) in [6, 6.07) is 4.97. The topological polar surface area (TPSA) is 90.4 Å². The van der Waals surface area contributed by atoms with Crippen LogP contribution in [0.25, 0.3) is 0 Å². The molecule has 1 amide bonds. The van der Waals surface area contributed by atoms with Crippen molar-refractivity contribution in [3.8, 4) is 5.75 Å². The van der Waals surface area contributed by atoms with E-state index in [0.29, 0.717) is 17.1 Å². The van der Waals surface area contributed by atoms with Gasteiger partial charge in [0.1, 0.15) is 11.8 Å². The van der Waals surface area contributed by atoms with Crippen LogP contribution in [-0.4, -0.2) is 18.1 Å². The van der Waals surface area contributed by atoms with E-state index in [4.69, 9.17) is 16.2 Å². The number of nitrogens with two attached hydrogens (primary N) is 2. The average molecular weight is 265 g/mol. The molecule has 0 spiro atoms. The van der Waals surface area contributed by atoms with E-state index in [1.54, 1.807) is 12.1 Å². The Morgan fingerprint density at radius 1 is 1.26 bits per heavy atom. The van der Waals surface area contributed by atoms with Crippen LogP contribution in [0.3, 0.4) is 0 Å². The van der Waals surface area contributed by atoms with Gasteiger partial charge in [-0.25, -0.2) is 0 Å². The molecule has 0 radical (unpaired) electrons. The zero-order valence-corrected chi connectivity index (χ0v) is 11.9. The molecule has 1 aromatic carbocycles. The normalized spacial score (nSPS) is 12.5. The Hall–Kier alpha value is -1.91. The summed E-state index contributed by atoms with van der Waals surface area (Å²) in [7, 11) is 0. The first kappa shape index (κ1) is 15.1. The van der Waals surface area contributed by atoms with Gasteiger partial charge < -0.3 is 21.5 Å². The van der Waals surface area contributed by atoms with E-state index in [1.807, 2.05) is 33.8 Å². The highest BCUT2D eigenvalue weighted by atomic mass is 16.5. The van der Waals surface area contributed by atoms with Gasteiger partial charge in [0.05, 0.1) is 17.5 Å². The third kappa shape index (κ3) is 4.05. The van der Waals surface area contributed by atoms with E-state index in [1.165, 1.54) is 0 Å². The molecule has 0 aliphatic carbocycles. The van der Waals surface area contributed by atoms with Crippen LogP contribution in [0.5, 0.6) is 5.75 Å². The number of benzene rings is 1. The fraction of sp³-hybridized carbons (Fsp3) is 0.500. The van der Waals surface area contributed by atoms with Gasteiger partial charge in [0.15, 0.2) is 0 Å². The number of amides is 1. The Balaban J connectivity index is 2.98. The van der Waals surface area contributed by atoms with Gasteiger partial charge in [-0.15, -0.1) is 0 Å². The van der Waals surface area contributed by atoms with Gasteiger partial charge in [0.25, 0.3) is 0 Å². The van der Waals surface area contributed by atoms with E-state index in [-0.39, 0.29) is 12.0 Å². The largest absolute Gasteiger partial charge is 0.489 e. The van der Waals surface area contributed by atoms with Crippen molar-refractivity contribution in [3.63, 3.8) is 0 Å². The van der Waals surface area contributed by atoms with Crippen molar-refractivity contribution in [2.75, 3.05) is 11.1 Å². The lowest BCUT2D eigenvalue weighted by atomic mass is 10.0. The van der Waals surface area contributed by atoms with Crippen LogP contribution in [0.1, 0.15) is 27.7 Å². The fourth-order valence-corrected chi connectivity index (χ4v) is 1.76. The Labute approximate surface area is 114 Å². The summed E-state index contributed by atoms with van der Waals surface area (Å²) in [5.74, 6) is 0.281. The number of hydrogen-bond donors (Lipinski definition) is 3.